The summed E-state index contributed by atoms with van der Waals surface area (Å²) in [5.41, 5.74) is 4.24. The Morgan fingerprint density at radius 1 is 1.04 bits per heavy atom. The van der Waals surface area contributed by atoms with Crippen molar-refractivity contribution in [2.45, 2.75) is 6.92 Å². The lowest BCUT2D eigenvalue weighted by molar-refractivity contribution is 0.102. The van der Waals surface area contributed by atoms with Crippen LogP contribution in [0.2, 0.25) is 10.0 Å². The summed E-state index contributed by atoms with van der Waals surface area (Å²) in [6, 6.07) is 18.8. The van der Waals surface area contributed by atoms with Gasteiger partial charge in [-0.15, -0.1) is 11.3 Å². The average Bonchev–Trinajstić information content (AvgIpc) is 3.07. The molecular weight excluding hydrogens is 399 g/mol. The van der Waals surface area contributed by atoms with Gasteiger partial charge in [-0.3, -0.25) is 4.79 Å². The zero-order chi connectivity index (χ0) is 19.0. The summed E-state index contributed by atoms with van der Waals surface area (Å²) in [5.74, 6) is -0.300. The van der Waals surface area contributed by atoms with Crippen LogP contribution in [0.15, 0.2) is 60.7 Å². The van der Waals surface area contributed by atoms with Crippen LogP contribution in [-0.4, -0.2) is 10.9 Å². The largest absolute Gasteiger partial charge is 0.322 e. The number of benzene rings is 3. The van der Waals surface area contributed by atoms with Gasteiger partial charge in [-0.1, -0.05) is 35.3 Å². The molecule has 1 amide bonds. The van der Waals surface area contributed by atoms with E-state index in [1.165, 1.54) is 5.56 Å². The first kappa shape index (κ1) is 18.0. The fraction of sp³-hybridized carbons (Fsp3) is 0.0476. The number of rotatable bonds is 3. The third kappa shape index (κ3) is 3.69. The highest BCUT2D eigenvalue weighted by molar-refractivity contribution is 7.21. The van der Waals surface area contributed by atoms with E-state index in [4.69, 9.17) is 23.2 Å². The molecule has 0 unspecified atom stereocenters. The van der Waals surface area contributed by atoms with Crippen molar-refractivity contribution in [1.29, 1.82) is 0 Å². The fourth-order valence-corrected chi connectivity index (χ4v) is 4.18. The Hall–Kier alpha value is -2.40. The second-order valence-corrected chi connectivity index (χ2v) is 7.94. The first-order chi connectivity index (χ1) is 13.0. The van der Waals surface area contributed by atoms with Crippen LogP contribution >= 0.6 is 34.5 Å². The number of carbonyl (C=O) groups is 1. The van der Waals surface area contributed by atoms with Crippen LogP contribution < -0.4 is 5.32 Å². The Bertz CT molecular complexity index is 1150. The van der Waals surface area contributed by atoms with Gasteiger partial charge >= 0.3 is 0 Å². The number of anilines is 1. The second-order valence-electron chi connectivity index (χ2n) is 6.12. The standard InChI is InChI=1S/C21H14Cl2N2OS/c1-12-5-10-17-18(11-12)27-21(25-17)13-6-8-14(9-7-13)24-20(26)15-3-2-4-16(22)19(15)23/h2-11H,1H3,(H,24,26). The van der Waals surface area contributed by atoms with Crippen LogP contribution in [0.4, 0.5) is 5.69 Å². The smallest absolute Gasteiger partial charge is 0.257 e. The number of carbonyl (C=O) groups excluding carboxylic acids is 1. The number of fused-ring (bicyclic) bond motifs is 1. The molecule has 0 spiro atoms. The summed E-state index contributed by atoms with van der Waals surface area (Å²) in [5, 5.41) is 4.39. The molecule has 0 saturated heterocycles. The highest BCUT2D eigenvalue weighted by Crippen LogP contribution is 2.31. The predicted molar refractivity (Wildman–Crippen MR) is 114 cm³/mol. The van der Waals surface area contributed by atoms with Gasteiger partial charge in [0.2, 0.25) is 0 Å². The molecule has 6 heteroatoms. The maximum absolute atomic E-state index is 12.4. The number of aryl methyl sites for hydroxylation is 1. The zero-order valence-corrected chi connectivity index (χ0v) is 16.6. The number of thiazole rings is 1. The molecule has 1 heterocycles. The first-order valence-electron chi connectivity index (χ1n) is 8.24. The quantitative estimate of drug-likeness (QED) is 0.400. The normalized spacial score (nSPS) is 10.9. The van der Waals surface area contributed by atoms with Crippen molar-refractivity contribution in [2.75, 3.05) is 5.32 Å². The molecule has 0 bridgehead atoms. The number of nitrogens with one attached hydrogen (secondary N) is 1. The lowest BCUT2D eigenvalue weighted by atomic mass is 10.2. The third-order valence-corrected chi connectivity index (χ3v) is 6.02. The molecule has 0 aliphatic carbocycles. The van der Waals surface area contributed by atoms with Crippen LogP contribution in [0, 0.1) is 6.92 Å². The second kappa shape index (κ2) is 7.31. The minimum absolute atomic E-state index is 0.248. The van der Waals surface area contributed by atoms with E-state index in [0.29, 0.717) is 16.3 Å². The van der Waals surface area contributed by atoms with Gasteiger partial charge < -0.3 is 5.32 Å². The summed E-state index contributed by atoms with van der Waals surface area (Å²) in [7, 11) is 0. The van der Waals surface area contributed by atoms with Crippen molar-refractivity contribution in [1.82, 2.24) is 4.98 Å². The lowest BCUT2D eigenvalue weighted by Crippen LogP contribution is -2.12. The Balaban J connectivity index is 1.56. The molecule has 134 valence electrons. The van der Waals surface area contributed by atoms with Crippen LogP contribution in [0.25, 0.3) is 20.8 Å². The highest BCUT2D eigenvalue weighted by atomic mass is 35.5. The van der Waals surface area contributed by atoms with Gasteiger partial charge in [0.05, 0.1) is 25.8 Å². The van der Waals surface area contributed by atoms with E-state index in [1.54, 1.807) is 29.5 Å². The van der Waals surface area contributed by atoms with Crippen LogP contribution in [0.3, 0.4) is 0 Å². The van der Waals surface area contributed by atoms with Gasteiger partial charge in [0.25, 0.3) is 5.91 Å². The summed E-state index contributed by atoms with van der Waals surface area (Å²) in [4.78, 5) is 17.1. The summed E-state index contributed by atoms with van der Waals surface area (Å²) < 4.78 is 1.16. The van der Waals surface area contributed by atoms with Crippen molar-refractivity contribution >= 4 is 56.3 Å². The molecule has 27 heavy (non-hydrogen) atoms. The molecule has 1 N–H and O–H groups in total. The summed E-state index contributed by atoms with van der Waals surface area (Å²) >= 11 is 13.7. The van der Waals surface area contributed by atoms with Gasteiger partial charge in [-0.2, -0.15) is 0 Å². The highest BCUT2D eigenvalue weighted by Gasteiger charge is 2.13. The van der Waals surface area contributed by atoms with Crippen LogP contribution in [0.5, 0.6) is 0 Å². The van der Waals surface area contributed by atoms with E-state index in [-0.39, 0.29) is 10.9 Å². The van der Waals surface area contributed by atoms with Gasteiger partial charge in [0.1, 0.15) is 5.01 Å². The van der Waals surface area contributed by atoms with Crippen molar-refractivity contribution in [3.8, 4) is 10.6 Å². The number of hydrogen-bond donors (Lipinski definition) is 1. The molecular formula is C21H14Cl2N2OS. The SMILES string of the molecule is Cc1ccc2nc(-c3ccc(NC(=O)c4cccc(Cl)c4Cl)cc3)sc2c1. The Morgan fingerprint density at radius 3 is 2.59 bits per heavy atom. The van der Waals surface area contributed by atoms with Crippen molar-refractivity contribution in [2.24, 2.45) is 0 Å². The minimum Gasteiger partial charge on any atom is -0.322 e. The van der Waals surface area contributed by atoms with E-state index in [1.807, 2.05) is 30.3 Å². The molecule has 0 radical (unpaired) electrons. The maximum Gasteiger partial charge on any atom is 0.257 e. The summed E-state index contributed by atoms with van der Waals surface area (Å²) in [6.45, 7) is 2.07. The van der Waals surface area contributed by atoms with Gasteiger partial charge in [0, 0.05) is 11.3 Å². The van der Waals surface area contributed by atoms with Crippen molar-refractivity contribution < 1.29 is 4.79 Å². The molecule has 0 aliphatic heterocycles. The first-order valence-corrected chi connectivity index (χ1v) is 9.81. The van der Waals surface area contributed by atoms with Gasteiger partial charge in [-0.25, -0.2) is 4.98 Å². The molecule has 4 rings (SSSR count). The molecule has 3 aromatic carbocycles. The van der Waals surface area contributed by atoms with E-state index >= 15 is 0 Å². The number of halogens is 2. The minimum atomic E-state index is -0.300. The van der Waals surface area contributed by atoms with E-state index < -0.39 is 0 Å². The zero-order valence-electron chi connectivity index (χ0n) is 14.3. The molecule has 3 nitrogen and oxygen atoms in total. The Labute approximate surface area is 170 Å². The van der Waals surface area contributed by atoms with E-state index in [0.717, 1.165) is 20.8 Å². The third-order valence-electron chi connectivity index (χ3n) is 4.13. The van der Waals surface area contributed by atoms with Gasteiger partial charge in [-0.05, 0) is 61.0 Å². The van der Waals surface area contributed by atoms with E-state index in [2.05, 4.69) is 29.4 Å². The summed E-state index contributed by atoms with van der Waals surface area (Å²) in [6.07, 6.45) is 0. The van der Waals surface area contributed by atoms with Crippen molar-refractivity contribution in [3.05, 3.63) is 81.8 Å². The number of hydrogen-bond acceptors (Lipinski definition) is 3. The fourth-order valence-electron chi connectivity index (χ4n) is 2.73. The number of aromatic nitrogens is 1. The van der Waals surface area contributed by atoms with Crippen molar-refractivity contribution in [3.63, 3.8) is 0 Å². The van der Waals surface area contributed by atoms with Crippen LogP contribution in [-0.2, 0) is 0 Å². The Kier molecular flexibility index (Phi) is 4.87. The number of nitrogens with zero attached hydrogens (tertiary/aromatic N) is 1. The average molecular weight is 413 g/mol. The number of amides is 1. The monoisotopic (exact) mass is 412 g/mol. The topological polar surface area (TPSA) is 42.0 Å². The molecule has 0 aliphatic rings. The molecule has 1 aromatic heterocycles. The predicted octanol–water partition coefficient (Wildman–Crippen LogP) is 6.83. The van der Waals surface area contributed by atoms with Crippen LogP contribution in [0.1, 0.15) is 15.9 Å². The van der Waals surface area contributed by atoms with Gasteiger partial charge in [0.15, 0.2) is 0 Å². The molecule has 0 atom stereocenters. The molecule has 4 aromatic rings. The molecule has 0 saturated carbocycles. The van der Waals surface area contributed by atoms with E-state index in [9.17, 15) is 4.79 Å². The maximum atomic E-state index is 12.4. The Morgan fingerprint density at radius 2 is 1.81 bits per heavy atom. The lowest BCUT2D eigenvalue weighted by Gasteiger charge is -2.08. The molecule has 0 fully saturated rings.